The van der Waals surface area contributed by atoms with Crippen molar-refractivity contribution in [2.75, 3.05) is 5.43 Å². The highest BCUT2D eigenvalue weighted by atomic mass is 35.5. The molecule has 1 aromatic carbocycles. The summed E-state index contributed by atoms with van der Waals surface area (Å²) in [6, 6.07) is 7.26. The summed E-state index contributed by atoms with van der Waals surface area (Å²) in [4.78, 5) is 0. The number of anilines is 1. The van der Waals surface area contributed by atoms with E-state index in [0.717, 1.165) is 17.5 Å². The Morgan fingerprint density at radius 1 is 1.62 bits per heavy atom. The van der Waals surface area contributed by atoms with Crippen LogP contribution in [0.4, 0.5) is 5.69 Å². The first-order valence-corrected chi connectivity index (χ1v) is 4.05. The number of nitrogens with zero attached hydrogens (tertiary/aromatic N) is 2. The summed E-state index contributed by atoms with van der Waals surface area (Å²) in [5, 5.41) is 12.5. The van der Waals surface area contributed by atoms with E-state index in [1.807, 2.05) is 19.1 Å². The van der Waals surface area contributed by atoms with Crippen molar-refractivity contribution in [3.8, 4) is 6.07 Å². The van der Waals surface area contributed by atoms with Crippen LogP contribution in [0, 0.1) is 18.3 Å². The summed E-state index contributed by atoms with van der Waals surface area (Å²) in [6.45, 7) is 1.92. The van der Waals surface area contributed by atoms with Gasteiger partial charge in [-0.1, -0.05) is 17.7 Å². The van der Waals surface area contributed by atoms with E-state index in [1.54, 1.807) is 12.1 Å². The second-order valence-electron chi connectivity index (χ2n) is 2.46. The van der Waals surface area contributed by atoms with Crippen LogP contribution in [0.25, 0.3) is 0 Å². The zero-order valence-corrected chi connectivity index (χ0v) is 7.84. The van der Waals surface area contributed by atoms with Crippen LogP contribution >= 0.6 is 11.6 Å². The van der Waals surface area contributed by atoms with Crippen molar-refractivity contribution in [1.29, 1.82) is 5.26 Å². The summed E-state index contributed by atoms with van der Waals surface area (Å²) in [7, 11) is 0. The number of nitrogens with one attached hydrogen (secondary N) is 1. The van der Waals surface area contributed by atoms with Crippen LogP contribution in [0.5, 0.6) is 0 Å². The van der Waals surface area contributed by atoms with E-state index < -0.39 is 0 Å². The van der Waals surface area contributed by atoms with Crippen LogP contribution in [-0.4, -0.2) is 6.21 Å². The molecule has 66 valence electrons. The molecular formula is C9H8ClN3. The summed E-state index contributed by atoms with van der Waals surface area (Å²) >= 11 is 5.87. The molecule has 1 rings (SSSR count). The summed E-state index contributed by atoms with van der Waals surface area (Å²) < 4.78 is 0. The average molecular weight is 194 g/mol. The molecule has 0 aliphatic rings. The van der Waals surface area contributed by atoms with Gasteiger partial charge in [-0.15, -0.1) is 0 Å². The average Bonchev–Trinajstić information content (AvgIpc) is 2.12. The van der Waals surface area contributed by atoms with Gasteiger partial charge in [0.2, 0.25) is 0 Å². The van der Waals surface area contributed by atoms with Crippen LogP contribution in [0.3, 0.4) is 0 Å². The second-order valence-corrected chi connectivity index (χ2v) is 2.87. The maximum atomic E-state index is 8.18. The molecular weight excluding hydrogens is 186 g/mol. The van der Waals surface area contributed by atoms with Gasteiger partial charge in [-0.2, -0.15) is 10.4 Å². The minimum atomic E-state index is 0.678. The molecule has 0 radical (unpaired) electrons. The predicted molar refractivity (Wildman–Crippen MR) is 53.9 cm³/mol. The number of aryl methyl sites for hydroxylation is 1. The fourth-order valence-electron chi connectivity index (χ4n) is 0.798. The molecule has 0 atom stereocenters. The van der Waals surface area contributed by atoms with Gasteiger partial charge >= 0.3 is 0 Å². The van der Waals surface area contributed by atoms with Gasteiger partial charge in [0, 0.05) is 5.02 Å². The number of benzene rings is 1. The van der Waals surface area contributed by atoms with Crippen molar-refractivity contribution in [2.24, 2.45) is 5.10 Å². The van der Waals surface area contributed by atoms with Gasteiger partial charge in [-0.05, 0) is 24.6 Å². The summed E-state index contributed by atoms with van der Waals surface area (Å²) in [6.07, 6.45) is 1.12. The molecule has 13 heavy (non-hydrogen) atoms. The van der Waals surface area contributed by atoms with Gasteiger partial charge < -0.3 is 0 Å². The Morgan fingerprint density at radius 3 is 3.00 bits per heavy atom. The molecule has 0 aliphatic carbocycles. The number of halogens is 1. The van der Waals surface area contributed by atoms with E-state index in [1.165, 1.54) is 0 Å². The Morgan fingerprint density at radius 2 is 2.38 bits per heavy atom. The highest BCUT2D eigenvalue weighted by Gasteiger charge is 1.95. The fraction of sp³-hybridized carbons (Fsp3) is 0.111. The van der Waals surface area contributed by atoms with Crippen molar-refractivity contribution in [3.05, 3.63) is 28.8 Å². The Balaban J connectivity index is 2.75. The maximum absolute atomic E-state index is 8.18. The minimum Gasteiger partial charge on any atom is -0.278 e. The lowest BCUT2D eigenvalue weighted by Gasteiger charge is -2.01. The lowest BCUT2D eigenvalue weighted by Crippen LogP contribution is -1.88. The molecule has 0 spiro atoms. The third-order valence-corrected chi connectivity index (χ3v) is 1.89. The first-order chi connectivity index (χ1) is 6.24. The van der Waals surface area contributed by atoms with Crippen molar-refractivity contribution < 1.29 is 0 Å². The SMILES string of the molecule is Cc1ccc(N/N=C/C#N)cc1Cl. The van der Waals surface area contributed by atoms with E-state index in [-0.39, 0.29) is 0 Å². The molecule has 0 unspecified atom stereocenters. The standard InChI is InChI=1S/C9H8ClN3/c1-7-2-3-8(6-9(7)10)13-12-5-4-11/h2-3,5-6,13H,1H3/b12-5+. The molecule has 0 heterocycles. The van der Waals surface area contributed by atoms with Gasteiger partial charge in [0.25, 0.3) is 0 Å². The van der Waals surface area contributed by atoms with Crippen LogP contribution in [0.15, 0.2) is 23.3 Å². The topological polar surface area (TPSA) is 48.2 Å². The molecule has 0 amide bonds. The molecule has 3 nitrogen and oxygen atoms in total. The minimum absolute atomic E-state index is 0.678. The molecule has 0 saturated carbocycles. The van der Waals surface area contributed by atoms with E-state index in [0.29, 0.717) is 5.02 Å². The molecule has 4 heteroatoms. The van der Waals surface area contributed by atoms with Gasteiger partial charge in [0.1, 0.15) is 12.3 Å². The van der Waals surface area contributed by atoms with Gasteiger partial charge in [0.15, 0.2) is 0 Å². The zero-order valence-electron chi connectivity index (χ0n) is 7.08. The highest BCUT2D eigenvalue weighted by molar-refractivity contribution is 6.31. The van der Waals surface area contributed by atoms with Crippen molar-refractivity contribution in [3.63, 3.8) is 0 Å². The molecule has 0 bridgehead atoms. The molecule has 0 aromatic heterocycles. The van der Waals surface area contributed by atoms with Gasteiger partial charge in [-0.25, -0.2) is 0 Å². The third kappa shape index (κ3) is 2.77. The van der Waals surface area contributed by atoms with E-state index in [9.17, 15) is 0 Å². The van der Waals surface area contributed by atoms with Crippen LogP contribution < -0.4 is 5.43 Å². The second kappa shape index (κ2) is 4.48. The van der Waals surface area contributed by atoms with E-state index in [4.69, 9.17) is 16.9 Å². The monoisotopic (exact) mass is 193 g/mol. The largest absolute Gasteiger partial charge is 0.278 e. The van der Waals surface area contributed by atoms with Gasteiger partial charge in [-0.3, -0.25) is 5.43 Å². The maximum Gasteiger partial charge on any atom is 0.124 e. The lowest BCUT2D eigenvalue weighted by molar-refractivity contribution is 1.34. The fourth-order valence-corrected chi connectivity index (χ4v) is 0.979. The Bertz CT molecular complexity index is 366. The Labute approximate surface area is 81.6 Å². The Hall–Kier alpha value is -1.53. The van der Waals surface area contributed by atoms with Crippen molar-refractivity contribution in [2.45, 2.75) is 6.92 Å². The quantitative estimate of drug-likeness (QED) is 0.580. The first kappa shape index (κ1) is 9.56. The predicted octanol–water partition coefficient (Wildman–Crippen LogP) is 2.57. The Kier molecular flexibility index (Phi) is 3.30. The van der Waals surface area contributed by atoms with E-state index >= 15 is 0 Å². The van der Waals surface area contributed by atoms with Crippen LogP contribution in [0.2, 0.25) is 5.02 Å². The number of rotatable bonds is 2. The zero-order chi connectivity index (χ0) is 9.68. The highest BCUT2D eigenvalue weighted by Crippen LogP contribution is 2.19. The number of hydrogen-bond donors (Lipinski definition) is 1. The van der Waals surface area contributed by atoms with E-state index in [2.05, 4.69) is 10.5 Å². The van der Waals surface area contributed by atoms with Crippen molar-refractivity contribution in [1.82, 2.24) is 0 Å². The van der Waals surface area contributed by atoms with Gasteiger partial charge in [0.05, 0.1) is 5.69 Å². The number of hydrogen-bond acceptors (Lipinski definition) is 3. The molecule has 1 N–H and O–H groups in total. The number of hydrazone groups is 1. The molecule has 1 aromatic rings. The van der Waals surface area contributed by atoms with Crippen LogP contribution in [0.1, 0.15) is 5.56 Å². The van der Waals surface area contributed by atoms with Crippen LogP contribution in [-0.2, 0) is 0 Å². The molecule has 0 aliphatic heterocycles. The summed E-state index contributed by atoms with van der Waals surface area (Å²) in [5.74, 6) is 0. The van der Waals surface area contributed by atoms with Crippen molar-refractivity contribution >= 4 is 23.5 Å². The summed E-state index contributed by atoms with van der Waals surface area (Å²) in [5.41, 5.74) is 4.45. The first-order valence-electron chi connectivity index (χ1n) is 3.67. The molecule has 0 saturated heterocycles. The molecule has 0 fully saturated rings. The normalized spacial score (nSPS) is 9.92. The number of nitriles is 1. The lowest BCUT2D eigenvalue weighted by atomic mass is 10.2. The third-order valence-electron chi connectivity index (χ3n) is 1.49. The smallest absolute Gasteiger partial charge is 0.124 e.